The summed E-state index contributed by atoms with van der Waals surface area (Å²) in [5, 5.41) is 0. The molecular weight excluding hydrogens is 254 g/mol. The van der Waals surface area contributed by atoms with Gasteiger partial charge in [0.1, 0.15) is 4.90 Å². The zero-order valence-corrected chi connectivity index (χ0v) is 10.9. The number of rotatable bonds is 5. The molecule has 100 valence electrons. The molecule has 0 saturated carbocycles. The Labute approximate surface area is 106 Å². The quantitative estimate of drug-likeness (QED) is 0.744. The van der Waals surface area contributed by atoms with E-state index >= 15 is 0 Å². The lowest BCUT2D eigenvalue weighted by Crippen LogP contribution is -2.33. The molecule has 2 heterocycles. The SMILES string of the molecule is Nc1ncc(S(=O)(=O)NCCN2CCCC2)cn1. The van der Waals surface area contributed by atoms with E-state index in [0.29, 0.717) is 6.54 Å². The third-order valence-electron chi connectivity index (χ3n) is 2.88. The summed E-state index contributed by atoms with van der Waals surface area (Å²) >= 11 is 0. The van der Waals surface area contributed by atoms with Crippen LogP contribution < -0.4 is 10.5 Å². The van der Waals surface area contributed by atoms with Gasteiger partial charge in [-0.2, -0.15) is 0 Å². The van der Waals surface area contributed by atoms with Crippen LogP contribution in [0.5, 0.6) is 0 Å². The van der Waals surface area contributed by atoms with Crippen LogP contribution in [0.2, 0.25) is 0 Å². The van der Waals surface area contributed by atoms with E-state index < -0.39 is 10.0 Å². The molecule has 0 atom stereocenters. The maximum Gasteiger partial charge on any atom is 0.243 e. The van der Waals surface area contributed by atoms with Gasteiger partial charge < -0.3 is 10.6 Å². The first-order valence-corrected chi connectivity index (χ1v) is 7.36. The van der Waals surface area contributed by atoms with Crippen molar-refractivity contribution in [3.05, 3.63) is 12.4 Å². The average Bonchev–Trinajstić information content (AvgIpc) is 2.82. The summed E-state index contributed by atoms with van der Waals surface area (Å²) in [6.07, 6.45) is 4.80. The molecule has 8 heteroatoms. The van der Waals surface area contributed by atoms with Crippen molar-refractivity contribution < 1.29 is 8.42 Å². The van der Waals surface area contributed by atoms with E-state index in [2.05, 4.69) is 19.6 Å². The molecular formula is C10H17N5O2S. The number of likely N-dealkylation sites (tertiary alicyclic amines) is 1. The Morgan fingerprint density at radius 3 is 2.50 bits per heavy atom. The minimum Gasteiger partial charge on any atom is -0.368 e. The molecule has 0 radical (unpaired) electrons. The highest BCUT2D eigenvalue weighted by atomic mass is 32.2. The molecule has 0 unspecified atom stereocenters. The van der Waals surface area contributed by atoms with Gasteiger partial charge in [-0.1, -0.05) is 0 Å². The normalized spacial score (nSPS) is 17.1. The number of nitrogen functional groups attached to an aromatic ring is 1. The molecule has 0 amide bonds. The Kier molecular flexibility index (Phi) is 4.10. The molecule has 18 heavy (non-hydrogen) atoms. The van der Waals surface area contributed by atoms with E-state index in [0.717, 1.165) is 19.6 Å². The van der Waals surface area contributed by atoms with Crippen LogP contribution >= 0.6 is 0 Å². The molecule has 0 aromatic carbocycles. The van der Waals surface area contributed by atoms with E-state index in [4.69, 9.17) is 5.73 Å². The second kappa shape index (κ2) is 5.59. The second-order valence-corrected chi connectivity index (χ2v) is 5.99. The molecule has 0 spiro atoms. The maximum absolute atomic E-state index is 11.9. The lowest BCUT2D eigenvalue weighted by atomic mass is 10.4. The molecule has 1 fully saturated rings. The van der Waals surface area contributed by atoms with Crippen molar-refractivity contribution in [3.63, 3.8) is 0 Å². The van der Waals surface area contributed by atoms with Gasteiger partial charge in [-0.15, -0.1) is 0 Å². The Hall–Kier alpha value is -1.25. The lowest BCUT2D eigenvalue weighted by Gasteiger charge is -2.14. The minimum absolute atomic E-state index is 0.0399. The van der Waals surface area contributed by atoms with Gasteiger partial charge in [0.2, 0.25) is 16.0 Å². The number of nitrogens with one attached hydrogen (secondary N) is 1. The van der Waals surface area contributed by atoms with Gasteiger partial charge in [0.15, 0.2) is 0 Å². The first-order valence-electron chi connectivity index (χ1n) is 5.87. The van der Waals surface area contributed by atoms with Crippen LogP contribution in [0.3, 0.4) is 0 Å². The molecule has 1 aliphatic rings. The standard InChI is InChI=1S/C10H17N5O2S/c11-10-12-7-9(8-13-10)18(16,17)14-3-6-15-4-1-2-5-15/h7-8,14H,1-6H2,(H2,11,12,13). The molecule has 1 aromatic heterocycles. The third-order valence-corrected chi connectivity index (χ3v) is 4.29. The number of sulfonamides is 1. The van der Waals surface area contributed by atoms with E-state index in [-0.39, 0.29) is 10.8 Å². The van der Waals surface area contributed by atoms with E-state index in [9.17, 15) is 8.42 Å². The van der Waals surface area contributed by atoms with Crippen LogP contribution in [-0.4, -0.2) is 49.5 Å². The molecule has 0 bridgehead atoms. The zero-order chi connectivity index (χ0) is 13.0. The smallest absolute Gasteiger partial charge is 0.243 e. The zero-order valence-electron chi connectivity index (χ0n) is 10.0. The number of aromatic nitrogens is 2. The van der Waals surface area contributed by atoms with Gasteiger partial charge in [-0.25, -0.2) is 23.1 Å². The van der Waals surface area contributed by atoms with Crippen molar-refractivity contribution in [1.82, 2.24) is 19.6 Å². The Morgan fingerprint density at radius 2 is 1.89 bits per heavy atom. The molecule has 1 aliphatic heterocycles. The van der Waals surface area contributed by atoms with Crippen molar-refractivity contribution in [1.29, 1.82) is 0 Å². The van der Waals surface area contributed by atoms with Crippen molar-refractivity contribution in [3.8, 4) is 0 Å². The predicted octanol–water partition coefficient (Wildman–Crippen LogP) is -0.567. The Balaban J connectivity index is 1.88. The van der Waals surface area contributed by atoms with Crippen LogP contribution in [-0.2, 0) is 10.0 Å². The van der Waals surface area contributed by atoms with Gasteiger partial charge in [0, 0.05) is 13.1 Å². The van der Waals surface area contributed by atoms with Crippen LogP contribution in [0.25, 0.3) is 0 Å². The Bertz CT molecular complexity index is 481. The first-order chi connectivity index (χ1) is 8.58. The van der Waals surface area contributed by atoms with Crippen LogP contribution in [0.15, 0.2) is 17.3 Å². The topological polar surface area (TPSA) is 101 Å². The highest BCUT2D eigenvalue weighted by Crippen LogP contribution is 2.07. The van der Waals surface area contributed by atoms with Crippen molar-refractivity contribution in [2.75, 3.05) is 31.9 Å². The number of hydrogen-bond acceptors (Lipinski definition) is 6. The van der Waals surface area contributed by atoms with Crippen molar-refractivity contribution >= 4 is 16.0 Å². The number of nitrogens with two attached hydrogens (primary N) is 1. The molecule has 2 rings (SSSR count). The number of anilines is 1. The summed E-state index contributed by atoms with van der Waals surface area (Å²) in [7, 11) is -3.53. The van der Waals surface area contributed by atoms with Gasteiger partial charge >= 0.3 is 0 Å². The number of nitrogens with zero attached hydrogens (tertiary/aromatic N) is 3. The van der Waals surface area contributed by atoms with Gasteiger partial charge in [-0.3, -0.25) is 0 Å². The van der Waals surface area contributed by atoms with Gasteiger partial charge in [0.05, 0.1) is 12.4 Å². The highest BCUT2D eigenvalue weighted by molar-refractivity contribution is 7.89. The van der Waals surface area contributed by atoms with E-state index in [1.165, 1.54) is 25.2 Å². The summed E-state index contributed by atoms with van der Waals surface area (Å²) in [6, 6.07) is 0. The molecule has 1 aromatic rings. The minimum atomic E-state index is -3.53. The first kappa shape index (κ1) is 13.2. The van der Waals surface area contributed by atoms with E-state index in [1.54, 1.807) is 0 Å². The van der Waals surface area contributed by atoms with Crippen LogP contribution in [0, 0.1) is 0 Å². The molecule has 0 aliphatic carbocycles. The highest BCUT2D eigenvalue weighted by Gasteiger charge is 2.16. The largest absolute Gasteiger partial charge is 0.368 e. The molecule has 3 N–H and O–H groups in total. The second-order valence-electron chi connectivity index (χ2n) is 4.22. The fraction of sp³-hybridized carbons (Fsp3) is 0.600. The summed E-state index contributed by atoms with van der Waals surface area (Å²) < 4.78 is 26.3. The number of hydrogen-bond donors (Lipinski definition) is 2. The monoisotopic (exact) mass is 271 g/mol. The van der Waals surface area contributed by atoms with Crippen LogP contribution in [0.1, 0.15) is 12.8 Å². The average molecular weight is 271 g/mol. The summed E-state index contributed by atoms with van der Waals surface area (Å²) in [6.45, 7) is 3.22. The molecule has 1 saturated heterocycles. The van der Waals surface area contributed by atoms with Crippen molar-refractivity contribution in [2.24, 2.45) is 0 Å². The summed E-state index contributed by atoms with van der Waals surface area (Å²) in [5.74, 6) is 0.0611. The molecule has 7 nitrogen and oxygen atoms in total. The fourth-order valence-electron chi connectivity index (χ4n) is 1.89. The Morgan fingerprint density at radius 1 is 1.28 bits per heavy atom. The van der Waals surface area contributed by atoms with Crippen molar-refractivity contribution in [2.45, 2.75) is 17.7 Å². The van der Waals surface area contributed by atoms with E-state index in [1.807, 2.05) is 0 Å². The van der Waals surface area contributed by atoms with Gasteiger partial charge in [-0.05, 0) is 25.9 Å². The fourth-order valence-corrected chi connectivity index (χ4v) is 2.80. The third kappa shape index (κ3) is 3.37. The summed E-state index contributed by atoms with van der Waals surface area (Å²) in [5.41, 5.74) is 5.31. The summed E-state index contributed by atoms with van der Waals surface area (Å²) in [4.78, 5) is 9.61. The van der Waals surface area contributed by atoms with Gasteiger partial charge in [0.25, 0.3) is 0 Å². The lowest BCUT2D eigenvalue weighted by molar-refractivity contribution is 0.344. The predicted molar refractivity (Wildman–Crippen MR) is 67.3 cm³/mol. The van der Waals surface area contributed by atoms with Crippen LogP contribution in [0.4, 0.5) is 5.95 Å². The maximum atomic E-state index is 11.9.